The summed E-state index contributed by atoms with van der Waals surface area (Å²) in [6.45, 7) is 0. The van der Waals surface area contributed by atoms with Crippen molar-refractivity contribution < 1.29 is 27.8 Å². The second-order valence-electron chi connectivity index (χ2n) is 6.16. The zero-order chi connectivity index (χ0) is 20.6. The number of rotatable bonds is 11. The maximum absolute atomic E-state index is 12.4. The van der Waals surface area contributed by atoms with Crippen molar-refractivity contribution in [2.75, 3.05) is 25.7 Å². The van der Waals surface area contributed by atoms with Gasteiger partial charge in [-0.05, 0) is 61.4 Å². The molecule has 2 aromatic rings. The summed E-state index contributed by atoms with van der Waals surface area (Å²) in [7, 11) is -0.351. The van der Waals surface area contributed by atoms with Gasteiger partial charge in [0.25, 0.3) is 0 Å². The number of carboxylic acid groups (broad SMARTS) is 1. The lowest BCUT2D eigenvalue weighted by Crippen LogP contribution is -2.18. The molecule has 152 valence electrons. The molecule has 0 aliphatic heterocycles. The molecule has 0 aliphatic carbocycles. The first-order valence-corrected chi connectivity index (χ1v) is 11.4. The topological polar surface area (TPSA) is 89.9 Å². The first kappa shape index (κ1) is 22.1. The number of sulfone groups is 1. The Morgan fingerprint density at radius 1 is 1.00 bits per heavy atom. The van der Waals surface area contributed by atoms with Crippen LogP contribution in [0.5, 0.6) is 11.5 Å². The quantitative estimate of drug-likeness (QED) is 0.549. The molecule has 0 fully saturated rings. The molecule has 1 atom stereocenters. The zero-order valence-electron chi connectivity index (χ0n) is 15.8. The lowest BCUT2D eigenvalue weighted by atomic mass is 10.1. The predicted molar refractivity (Wildman–Crippen MR) is 109 cm³/mol. The van der Waals surface area contributed by atoms with Gasteiger partial charge in [0.05, 0.1) is 30.8 Å². The van der Waals surface area contributed by atoms with E-state index in [0.717, 1.165) is 10.6 Å². The Labute approximate surface area is 169 Å². The van der Waals surface area contributed by atoms with Crippen molar-refractivity contribution in [1.82, 2.24) is 0 Å². The molecule has 28 heavy (non-hydrogen) atoms. The van der Waals surface area contributed by atoms with Gasteiger partial charge in [-0.25, -0.2) is 8.42 Å². The van der Waals surface area contributed by atoms with E-state index in [4.69, 9.17) is 9.47 Å². The molecule has 0 saturated carbocycles. The van der Waals surface area contributed by atoms with E-state index < -0.39 is 21.7 Å². The van der Waals surface area contributed by atoms with Crippen LogP contribution in [-0.2, 0) is 14.6 Å². The average molecular weight is 425 g/mol. The Balaban J connectivity index is 1.88. The Bertz CT molecular complexity index is 861. The number of methoxy groups -OCH3 is 2. The van der Waals surface area contributed by atoms with E-state index in [9.17, 15) is 18.3 Å². The third-order valence-corrected chi connectivity index (χ3v) is 7.24. The van der Waals surface area contributed by atoms with Gasteiger partial charge >= 0.3 is 5.97 Å². The molecule has 0 aliphatic rings. The molecule has 0 aromatic heterocycles. The zero-order valence-corrected chi connectivity index (χ0v) is 17.5. The fourth-order valence-corrected chi connectivity index (χ4v) is 4.93. The molecule has 0 amide bonds. The minimum absolute atomic E-state index is 0.0870. The monoisotopic (exact) mass is 424 g/mol. The summed E-state index contributed by atoms with van der Waals surface area (Å²) in [6.07, 6.45) is 0.586. The lowest BCUT2D eigenvalue weighted by molar-refractivity contribution is -0.141. The van der Waals surface area contributed by atoms with Gasteiger partial charge in [-0.2, -0.15) is 0 Å². The highest BCUT2D eigenvalue weighted by Crippen LogP contribution is 2.26. The van der Waals surface area contributed by atoms with Gasteiger partial charge in [0, 0.05) is 10.6 Å². The first-order chi connectivity index (χ1) is 13.4. The van der Waals surface area contributed by atoms with Gasteiger partial charge in [0.1, 0.15) is 11.5 Å². The van der Waals surface area contributed by atoms with E-state index in [-0.39, 0.29) is 17.1 Å². The Morgan fingerprint density at radius 2 is 1.54 bits per heavy atom. The molecule has 8 heteroatoms. The van der Waals surface area contributed by atoms with Crippen molar-refractivity contribution in [1.29, 1.82) is 0 Å². The summed E-state index contributed by atoms with van der Waals surface area (Å²) in [4.78, 5) is 12.7. The average Bonchev–Trinajstić information content (AvgIpc) is 2.70. The second kappa shape index (κ2) is 10.4. The summed E-state index contributed by atoms with van der Waals surface area (Å²) in [5.74, 6) is 0.0879. The largest absolute Gasteiger partial charge is 0.497 e. The standard InChI is InChI=1S/C20H24O6S2/c1-25-16-5-9-18(10-6-16)27-14-15(20(21)22)4-3-13-28(23,24)19-11-7-17(26-2)8-12-19/h5-12,15H,3-4,13-14H2,1-2H3,(H,21,22). The van der Waals surface area contributed by atoms with Crippen molar-refractivity contribution in [3.05, 3.63) is 48.5 Å². The van der Waals surface area contributed by atoms with Crippen LogP contribution in [0.4, 0.5) is 0 Å². The number of aliphatic carboxylic acids is 1. The number of thioether (sulfide) groups is 1. The number of ether oxygens (including phenoxy) is 2. The van der Waals surface area contributed by atoms with E-state index >= 15 is 0 Å². The highest BCUT2D eigenvalue weighted by Gasteiger charge is 2.20. The van der Waals surface area contributed by atoms with Crippen LogP contribution >= 0.6 is 11.8 Å². The van der Waals surface area contributed by atoms with Crippen molar-refractivity contribution >= 4 is 27.6 Å². The minimum Gasteiger partial charge on any atom is -0.497 e. The molecule has 0 spiro atoms. The van der Waals surface area contributed by atoms with Crippen LogP contribution in [0.25, 0.3) is 0 Å². The third kappa shape index (κ3) is 6.45. The molecule has 0 heterocycles. The summed E-state index contributed by atoms with van der Waals surface area (Å²) in [5.41, 5.74) is 0. The number of carbonyl (C=O) groups is 1. The van der Waals surface area contributed by atoms with Gasteiger partial charge in [-0.1, -0.05) is 0 Å². The van der Waals surface area contributed by atoms with Crippen LogP contribution < -0.4 is 9.47 Å². The maximum Gasteiger partial charge on any atom is 0.307 e. The van der Waals surface area contributed by atoms with Crippen molar-refractivity contribution in [2.24, 2.45) is 5.92 Å². The van der Waals surface area contributed by atoms with Crippen LogP contribution in [0.2, 0.25) is 0 Å². The predicted octanol–water partition coefficient (Wildman–Crippen LogP) is 3.75. The third-order valence-electron chi connectivity index (χ3n) is 4.24. The van der Waals surface area contributed by atoms with E-state index in [2.05, 4.69) is 0 Å². The molecule has 1 N–H and O–H groups in total. The highest BCUT2D eigenvalue weighted by atomic mass is 32.2. The SMILES string of the molecule is COc1ccc(SCC(CCCS(=O)(=O)c2ccc(OC)cc2)C(=O)O)cc1. The Hall–Kier alpha value is -2.19. The van der Waals surface area contributed by atoms with Gasteiger partial charge in [0.2, 0.25) is 0 Å². The van der Waals surface area contributed by atoms with Crippen LogP contribution in [0.15, 0.2) is 58.3 Å². The molecular weight excluding hydrogens is 400 g/mol. The molecule has 1 unspecified atom stereocenters. The van der Waals surface area contributed by atoms with Crippen molar-refractivity contribution in [3.63, 3.8) is 0 Å². The number of hydrogen-bond donors (Lipinski definition) is 1. The van der Waals surface area contributed by atoms with Crippen molar-refractivity contribution in [2.45, 2.75) is 22.6 Å². The normalized spacial score (nSPS) is 12.4. The summed E-state index contributed by atoms with van der Waals surface area (Å²) >= 11 is 1.43. The minimum atomic E-state index is -3.45. The number of hydrogen-bond acceptors (Lipinski definition) is 6. The molecule has 2 aromatic carbocycles. The smallest absolute Gasteiger partial charge is 0.307 e. The maximum atomic E-state index is 12.4. The van der Waals surface area contributed by atoms with Crippen molar-refractivity contribution in [3.8, 4) is 11.5 Å². The summed E-state index contributed by atoms with van der Waals surface area (Å²) < 4.78 is 35.0. The Morgan fingerprint density at radius 3 is 2.04 bits per heavy atom. The van der Waals surface area contributed by atoms with Gasteiger partial charge in [0.15, 0.2) is 9.84 Å². The van der Waals surface area contributed by atoms with E-state index in [0.29, 0.717) is 17.9 Å². The van der Waals surface area contributed by atoms with Crippen LogP contribution in [0.1, 0.15) is 12.8 Å². The molecule has 0 bridgehead atoms. The number of carboxylic acids is 1. The molecule has 0 saturated heterocycles. The van der Waals surface area contributed by atoms with Crippen LogP contribution in [-0.4, -0.2) is 45.2 Å². The molecular formula is C20H24O6S2. The molecule has 2 rings (SSSR count). The van der Waals surface area contributed by atoms with E-state index in [1.807, 2.05) is 24.3 Å². The summed E-state index contributed by atoms with van der Waals surface area (Å²) in [5, 5.41) is 9.44. The van der Waals surface area contributed by atoms with Gasteiger partial charge in [-0.15, -0.1) is 11.8 Å². The number of benzene rings is 2. The van der Waals surface area contributed by atoms with E-state index in [1.165, 1.54) is 31.0 Å². The van der Waals surface area contributed by atoms with Crippen LogP contribution in [0, 0.1) is 5.92 Å². The van der Waals surface area contributed by atoms with E-state index in [1.54, 1.807) is 19.2 Å². The fourth-order valence-electron chi connectivity index (χ4n) is 2.57. The lowest BCUT2D eigenvalue weighted by Gasteiger charge is -2.12. The van der Waals surface area contributed by atoms with Crippen LogP contribution in [0.3, 0.4) is 0 Å². The second-order valence-corrected chi connectivity index (χ2v) is 9.36. The first-order valence-electron chi connectivity index (χ1n) is 8.72. The summed E-state index contributed by atoms with van der Waals surface area (Å²) in [6, 6.07) is 13.6. The van der Waals surface area contributed by atoms with Gasteiger partial charge in [-0.3, -0.25) is 4.79 Å². The molecule has 0 radical (unpaired) electrons. The van der Waals surface area contributed by atoms with Gasteiger partial charge < -0.3 is 14.6 Å². The Kier molecular flexibility index (Phi) is 8.19. The fraction of sp³-hybridized carbons (Fsp3) is 0.350. The molecule has 6 nitrogen and oxygen atoms in total. The highest BCUT2D eigenvalue weighted by molar-refractivity contribution is 7.99.